The molecule has 2 aliphatic heterocycles. The molecule has 0 aliphatic carbocycles. The Morgan fingerprint density at radius 3 is 1.75 bits per heavy atom. The Kier molecular flexibility index (Phi) is 3.48. The lowest BCUT2D eigenvalue weighted by Gasteiger charge is -2.55. The summed E-state index contributed by atoms with van der Waals surface area (Å²) in [5, 5.41) is 18.0. The normalized spacial score (nSPS) is 19.9. The Morgan fingerprint density at radius 2 is 1.56 bits per heavy atom. The zero-order chi connectivity index (χ0) is 12.3. The van der Waals surface area contributed by atoms with Crippen molar-refractivity contribution in [1.82, 2.24) is 10.2 Å². The molecule has 2 fully saturated rings. The van der Waals surface area contributed by atoms with Crippen molar-refractivity contribution in [2.75, 3.05) is 26.2 Å². The standard InChI is InChI=1S/C7H12N2O.C2H2O4/c1-6(10)9-4-7(5-9)2-8-3-7;3-1(4)2(5)6/h8H,2-5H2,1H3;(H,3,4)(H,5,6). The number of rotatable bonds is 0. The average molecular weight is 230 g/mol. The molecular formula is C9H14N2O5. The van der Waals surface area contributed by atoms with Gasteiger partial charge in [-0.1, -0.05) is 0 Å². The van der Waals surface area contributed by atoms with E-state index >= 15 is 0 Å². The lowest BCUT2D eigenvalue weighted by molar-refractivity contribution is -0.159. The number of amides is 1. The van der Waals surface area contributed by atoms with Crippen LogP contribution in [-0.4, -0.2) is 59.1 Å². The summed E-state index contributed by atoms with van der Waals surface area (Å²) in [5.41, 5.74) is 0.492. The van der Waals surface area contributed by atoms with Gasteiger partial charge in [0.2, 0.25) is 5.91 Å². The Hall–Kier alpha value is -1.63. The largest absolute Gasteiger partial charge is 0.473 e. The summed E-state index contributed by atoms with van der Waals surface area (Å²) in [4.78, 5) is 30.9. The number of hydrogen-bond donors (Lipinski definition) is 3. The third kappa shape index (κ3) is 2.69. The molecular weight excluding hydrogens is 216 g/mol. The van der Waals surface area contributed by atoms with Crippen molar-refractivity contribution in [2.24, 2.45) is 5.41 Å². The van der Waals surface area contributed by atoms with E-state index in [4.69, 9.17) is 19.8 Å². The molecule has 1 spiro atoms. The number of hydrogen-bond acceptors (Lipinski definition) is 4. The quantitative estimate of drug-likeness (QED) is 0.441. The van der Waals surface area contributed by atoms with Gasteiger partial charge in [-0.25, -0.2) is 9.59 Å². The highest BCUT2D eigenvalue weighted by Gasteiger charge is 2.48. The number of nitrogens with zero attached hydrogens (tertiary/aromatic N) is 1. The first-order chi connectivity index (χ1) is 7.36. The number of carbonyl (C=O) groups is 3. The highest BCUT2D eigenvalue weighted by atomic mass is 16.4. The van der Waals surface area contributed by atoms with E-state index < -0.39 is 11.9 Å². The van der Waals surface area contributed by atoms with E-state index in [0.717, 1.165) is 26.2 Å². The monoisotopic (exact) mass is 230 g/mol. The molecule has 0 bridgehead atoms. The smallest absolute Gasteiger partial charge is 0.414 e. The van der Waals surface area contributed by atoms with Crippen molar-refractivity contribution in [3.8, 4) is 0 Å². The van der Waals surface area contributed by atoms with Crippen LogP contribution in [0.2, 0.25) is 0 Å². The Bertz CT molecular complexity index is 304. The van der Waals surface area contributed by atoms with Crippen LogP contribution in [0.4, 0.5) is 0 Å². The summed E-state index contributed by atoms with van der Waals surface area (Å²) in [6, 6.07) is 0. The van der Waals surface area contributed by atoms with Gasteiger partial charge in [0.05, 0.1) is 0 Å². The summed E-state index contributed by atoms with van der Waals surface area (Å²) in [5.74, 6) is -3.43. The Labute approximate surface area is 92.0 Å². The first-order valence-electron chi connectivity index (χ1n) is 4.79. The summed E-state index contributed by atoms with van der Waals surface area (Å²) >= 11 is 0. The molecule has 7 heteroatoms. The number of carboxylic acid groups (broad SMARTS) is 2. The van der Waals surface area contributed by atoms with Crippen molar-refractivity contribution < 1.29 is 24.6 Å². The van der Waals surface area contributed by atoms with Gasteiger partial charge in [-0.3, -0.25) is 4.79 Å². The van der Waals surface area contributed by atoms with E-state index in [9.17, 15) is 4.79 Å². The lowest BCUT2D eigenvalue weighted by Crippen LogP contribution is -2.71. The number of carboxylic acids is 2. The molecule has 3 N–H and O–H groups in total. The van der Waals surface area contributed by atoms with Gasteiger partial charge in [-0.15, -0.1) is 0 Å². The number of carbonyl (C=O) groups excluding carboxylic acids is 1. The van der Waals surface area contributed by atoms with Crippen molar-refractivity contribution in [3.63, 3.8) is 0 Å². The van der Waals surface area contributed by atoms with Gasteiger partial charge in [-0.05, 0) is 0 Å². The van der Waals surface area contributed by atoms with E-state index in [0.29, 0.717) is 5.41 Å². The molecule has 2 rings (SSSR count). The molecule has 2 aliphatic rings. The lowest BCUT2D eigenvalue weighted by atomic mass is 9.74. The van der Waals surface area contributed by atoms with E-state index in [1.807, 2.05) is 4.90 Å². The highest BCUT2D eigenvalue weighted by molar-refractivity contribution is 6.27. The highest BCUT2D eigenvalue weighted by Crippen LogP contribution is 2.33. The van der Waals surface area contributed by atoms with Gasteiger partial charge < -0.3 is 20.4 Å². The first kappa shape index (κ1) is 12.4. The van der Waals surface area contributed by atoms with Crippen molar-refractivity contribution in [3.05, 3.63) is 0 Å². The minimum absolute atomic E-state index is 0.220. The van der Waals surface area contributed by atoms with Gasteiger partial charge in [0.25, 0.3) is 0 Å². The topological polar surface area (TPSA) is 107 Å². The molecule has 0 atom stereocenters. The summed E-state index contributed by atoms with van der Waals surface area (Å²) in [7, 11) is 0. The second-order valence-electron chi connectivity index (χ2n) is 4.09. The van der Waals surface area contributed by atoms with Crippen LogP contribution in [0.15, 0.2) is 0 Å². The van der Waals surface area contributed by atoms with Gasteiger partial charge >= 0.3 is 11.9 Å². The minimum atomic E-state index is -1.82. The minimum Gasteiger partial charge on any atom is -0.473 e. The van der Waals surface area contributed by atoms with Gasteiger partial charge in [0.1, 0.15) is 0 Å². The molecule has 16 heavy (non-hydrogen) atoms. The van der Waals surface area contributed by atoms with Crippen LogP contribution in [0.25, 0.3) is 0 Å². The first-order valence-corrected chi connectivity index (χ1v) is 4.79. The van der Waals surface area contributed by atoms with Gasteiger partial charge in [-0.2, -0.15) is 0 Å². The molecule has 1 amide bonds. The number of aliphatic carboxylic acids is 2. The van der Waals surface area contributed by atoms with Gasteiger partial charge in [0, 0.05) is 38.5 Å². The second-order valence-corrected chi connectivity index (χ2v) is 4.09. The molecule has 0 aromatic carbocycles. The van der Waals surface area contributed by atoms with Gasteiger partial charge in [0.15, 0.2) is 0 Å². The SMILES string of the molecule is CC(=O)N1CC2(CNC2)C1.O=C(O)C(=O)O. The zero-order valence-electron chi connectivity index (χ0n) is 8.89. The number of likely N-dealkylation sites (tertiary alicyclic amines) is 1. The van der Waals surface area contributed by atoms with Crippen LogP contribution in [0.3, 0.4) is 0 Å². The summed E-state index contributed by atoms with van der Waals surface area (Å²) < 4.78 is 0. The van der Waals surface area contributed by atoms with Crippen molar-refractivity contribution in [1.29, 1.82) is 0 Å². The number of nitrogens with one attached hydrogen (secondary N) is 1. The summed E-state index contributed by atoms with van der Waals surface area (Å²) in [6.07, 6.45) is 0. The van der Waals surface area contributed by atoms with Crippen LogP contribution in [0, 0.1) is 5.41 Å². The molecule has 7 nitrogen and oxygen atoms in total. The molecule has 0 aromatic rings. The fourth-order valence-electron chi connectivity index (χ4n) is 1.69. The van der Waals surface area contributed by atoms with E-state index in [2.05, 4.69) is 5.32 Å². The van der Waals surface area contributed by atoms with Crippen molar-refractivity contribution >= 4 is 17.8 Å². The van der Waals surface area contributed by atoms with E-state index in [1.165, 1.54) is 0 Å². The van der Waals surface area contributed by atoms with Crippen LogP contribution < -0.4 is 5.32 Å². The van der Waals surface area contributed by atoms with Crippen LogP contribution in [-0.2, 0) is 14.4 Å². The molecule has 0 saturated carbocycles. The predicted octanol–water partition coefficient (Wildman–Crippen LogP) is -1.41. The zero-order valence-corrected chi connectivity index (χ0v) is 8.89. The Balaban J connectivity index is 0.000000187. The fourth-order valence-corrected chi connectivity index (χ4v) is 1.69. The van der Waals surface area contributed by atoms with E-state index in [-0.39, 0.29) is 5.91 Å². The predicted molar refractivity (Wildman–Crippen MR) is 52.8 cm³/mol. The van der Waals surface area contributed by atoms with Crippen molar-refractivity contribution in [2.45, 2.75) is 6.92 Å². The van der Waals surface area contributed by atoms with Crippen LogP contribution in [0.5, 0.6) is 0 Å². The fraction of sp³-hybridized carbons (Fsp3) is 0.667. The second kappa shape index (κ2) is 4.48. The third-order valence-corrected chi connectivity index (χ3v) is 2.68. The molecule has 2 saturated heterocycles. The molecule has 2 heterocycles. The summed E-state index contributed by atoms with van der Waals surface area (Å²) in [6.45, 7) is 5.82. The van der Waals surface area contributed by atoms with Crippen LogP contribution >= 0.6 is 0 Å². The molecule has 0 radical (unpaired) electrons. The molecule has 0 unspecified atom stereocenters. The Morgan fingerprint density at radius 1 is 1.12 bits per heavy atom. The maximum atomic E-state index is 10.8. The maximum absolute atomic E-state index is 10.8. The molecule has 90 valence electrons. The van der Waals surface area contributed by atoms with E-state index in [1.54, 1.807) is 6.92 Å². The molecule has 0 aromatic heterocycles. The average Bonchev–Trinajstić information content (AvgIpc) is 1.98. The maximum Gasteiger partial charge on any atom is 0.414 e. The third-order valence-electron chi connectivity index (χ3n) is 2.68. The van der Waals surface area contributed by atoms with Crippen LogP contribution in [0.1, 0.15) is 6.92 Å².